The quantitative estimate of drug-likeness (QED) is 0.585. The Balaban J connectivity index is 2.02. The van der Waals surface area contributed by atoms with Gasteiger partial charge in [-0.2, -0.15) is 23.1 Å². The zero-order valence-corrected chi connectivity index (χ0v) is 15.1. The van der Waals surface area contributed by atoms with Crippen LogP contribution in [0.4, 0.5) is 4.39 Å². The number of nitrogens with zero attached hydrogens (tertiary/aromatic N) is 1. The molecule has 1 aromatic heterocycles. The molecule has 0 fully saturated rings. The Morgan fingerprint density at radius 3 is 2.83 bits per heavy atom. The van der Waals surface area contributed by atoms with Crippen LogP contribution in [0.15, 0.2) is 40.0 Å². The fourth-order valence-electron chi connectivity index (χ4n) is 2.13. The molecule has 2 N–H and O–H groups in total. The van der Waals surface area contributed by atoms with Crippen molar-refractivity contribution in [3.05, 3.63) is 57.5 Å². The molecule has 0 aliphatic rings. The summed E-state index contributed by atoms with van der Waals surface area (Å²) in [7, 11) is 0. The van der Waals surface area contributed by atoms with Crippen LogP contribution < -0.4 is 10.6 Å². The van der Waals surface area contributed by atoms with Gasteiger partial charge in [-0.15, -0.1) is 0 Å². The summed E-state index contributed by atoms with van der Waals surface area (Å²) in [6.45, 7) is 4.13. The van der Waals surface area contributed by atoms with E-state index in [2.05, 4.69) is 32.5 Å². The molecule has 23 heavy (non-hydrogen) atoms. The molecule has 3 nitrogen and oxygen atoms in total. The summed E-state index contributed by atoms with van der Waals surface area (Å²) in [6.07, 6.45) is 2.02. The third-order valence-electron chi connectivity index (χ3n) is 3.26. The molecule has 2 aromatic rings. The van der Waals surface area contributed by atoms with Gasteiger partial charge in [-0.25, -0.2) is 9.38 Å². The van der Waals surface area contributed by atoms with E-state index in [4.69, 9.17) is 0 Å². The number of thiophene rings is 1. The SMILES string of the molecule is CCNC(=NCc1ccsc1)NCc1ccc(F)cc1CSC. The maximum Gasteiger partial charge on any atom is 0.191 e. The van der Waals surface area contributed by atoms with Crippen LogP contribution in [0.5, 0.6) is 0 Å². The Bertz CT molecular complexity index is 627. The minimum Gasteiger partial charge on any atom is -0.357 e. The first kappa shape index (κ1) is 17.8. The lowest BCUT2D eigenvalue weighted by molar-refractivity contribution is 0.625. The van der Waals surface area contributed by atoms with Crippen molar-refractivity contribution in [2.45, 2.75) is 25.8 Å². The Morgan fingerprint density at radius 2 is 2.13 bits per heavy atom. The van der Waals surface area contributed by atoms with Crippen molar-refractivity contribution in [2.75, 3.05) is 12.8 Å². The first-order chi connectivity index (χ1) is 11.2. The van der Waals surface area contributed by atoms with E-state index in [9.17, 15) is 4.39 Å². The van der Waals surface area contributed by atoms with Gasteiger partial charge in [-0.3, -0.25) is 0 Å². The maximum absolute atomic E-state index is 13.4. The second-order valence-electron chi connectivity index (χ2n) is 5.03. The van der Waals surface area contributed by atoms with Crippen LogP contribution in [0, 0.1) is 5.82 Å². The van der Waals surface area contributed by atoms with Gasteiger partial charge in [-0.05, 0) is 58.8 Å². The first-order valence-electron chi connectivity index (χ1n) is 7.52. The second-order valence-corrected chi connectivity index (χ2v) is 6.67. The van der Waals surface area contributed by atoms with E-state index in [1.807, 2.05) is 19.2 Å². The lowest BCUT2D eigenvalue weighted by atomic mass is 10.1. The third kappa shape index (κ3) is 5.88. The van der Waals surface area contributed by atoms with E-state index < -0.39 is 0 Å². The summed E-state index contributed by atoms with van der Waals surface area (Å²) >= 11 is 3.37. The van der Waals surface area contributed by atoms with Crippen LogP contribution >= 0.6 is 23.1 Å². The van der Waals surface area contributed by atoms with Gasteiger partial charge >= 0.3 is 0 Å². The third-order valence-corrected chi connectivity index (χ3v) is 4.59. The zero-order chi connectivity index (χ0) is 16.5. The molecule has 0 aliphatic carbocycles. The monoisotopic (exact) mass is 351 g/mol. The van der Waals surface area contributed by atoms with E-state index in [1.165, 1.54) is 11.6 Å². The Kier molecular flexibility index (Phi) is 7.42. The number of hydrogen-bond acceptors (Lipinski definition) is 3. The Hall–Kier alpha value is -1.53. The van der Waals surface area contributed by atoms with Crippen LogP contribution in [0.3, 0.4) is 0 Å². The van der Waals surface area contributed by atoms with Gasteiger partial charge in [-0.1, -0.05) is 6.07 Å². The molecule has 0 amide bonds. The van der Waals surface area contributed by atoms with Gasteiger partial charge in [0.1, 0.15) is 5.82 Å². The fraction of sp³-hybridized carbons (Fsp3) is 0.353. The molecule has 0 saturated heterocycles. The Labute approximate surface area is 145 Å². The number of benzene rings is 1. The fourth-order valence-corrected chi connectivity index (χ4v) is 3.37. The summed E-state index contributed by atoms with van der Waals surface area (Å²) in [5.74, 6) is 1.39. The van der Waals surface area contributed by atoms with Crippen LogP contribution in [-0.2, 0) is 18.8 Å². The zero-order valence-electron chi connectivity index (χ0n) is 13.4. The molecule has 0 radical (unpaired) electrons. The number of aliphatic imine (C=N–C) groups is 1. The van der Waals surface area contributed by atoms with E-state index in [1.54, 1.807) is 29.2 Å². The molecule has 0 atom stereocenters. The van der Waals surface area contributed by atoms with Crippen molar-refractivity contribution in [3.8, 4) is 0 Å². The molecule has 1 aromatic carbocycles. The van der Waals surface area contributed by atoms with E-state index in [0.29, 0.717) is 13.1 Å². The second kappa shape index (κ2) is 9.57. The predicted octanol–water partition coefficient (Wildman–Crippen LogP) is 4.01. The molecule has 0 aliphatic heterocycles. The van der Waals surface area contributed by atoms with Crippen LogP contribution in [0.1, 0.15) is 23.6 Å². The summed E-state index contributed by atoms with van der Waals surface area (Å²) in [4.78, 5) is 4.59. The van der Waals surface area contributed by atoms with Gasteiger partial charge in [0.05, 0.1) is 6.54 Å². The van der Waals surface area contributed by atoms with Crippen LogP contribution in [0.25, 0.3) is 0 Å². The van der Waals surface area contributed by atoms with Crippen LogP contribution in [0.2, 0.25) is 0 Å². The van der Waals surface area contributed by atoms with Gasteiger partial charge < -0.3 is 10.6 Å². The van der Waals surface area contributed by atoms with E-state index >= 15 is 0 Å². The number of thioether (sulfide) groups is 1. The number of halogens is 1. The number of nitrogens with one attached hydrogen (secondary N) is 2. The van der Waals surface area contributed by atoms with Crippen LogP contribution in [-0.4, -0.2) is 18.8 Å². The Morgan fingerprint density at radius 1 is 1.26 bits per heavy atom. The molecular formula is C17H22FN3S2. The van der Waals surface area contributed by atoms with E-state index in [-0.39, 0.29) is 5.82 Å². The molecule has 2 rings (SSSR count). The summed E-state index contributed by atoms with van der Waals surface area (Å²) in [6, 6.07) is 7.05. The highest BCUT2D eigenvalue weighted by Crippen LogP contribution is 2.16. The van der Waals surface area contributed by atoms with Gasteiger partial charge in [0, 0.05) is 18.8 Å². The van der Waals surface area contributed by atoms with Gasteiger partial charge in [0.25, 0.3) is 0 Å². The van der Waals surface area contributed by atoms with Crippen molar-refractivity contribution in [1.29, 1.82) is 0 Å². The molecule has 124 valence electrons. The molecule has 0 bridgehead atoms. The first-order valence-corrected chi connectivity index (χ1v) is 9.86. The van der Waals surface area contributed by atoms with Crippen molar-refractivity contribution in [1.82, 2.24) is 10.6 Å². The molecule has 0 saturated carbocycles. The van der Waals surface area contributed by atoms with Crippen molar-refractivity contribution in [2.24, 2.45) is 4.99 Å². The van der Waals surface area contributed by atoms with Crippen molar-refractivity contribution < 1.29 is 4.39 Å². The number of rotatable bonds is 7. The van der Waals surface area contributed by atoms with Crippen molar-refractivity contribution in [3.63, 3.8) is 0 Å². The summed E-state index contributed by atoms with van der Waals surface area (Å²) < 4.78 is 13.4. The maximum atomic E-state index is 13.4. The summed E-state index contributed by atoms with van der Waals surface area (Å²) in [5.41, 5.74) is 3.33. The molecule has 6 heteroatoms. The number of hydrogen-bond donors (Lipinski definition) is 2. The normalized spacial score (nSPS) is 11.5. The predicted molar refractivity (Wildman–Crippen MR) is 99.6 cm³/mol. The average Bonchev–Trinajstić information content (AvgIpc) is 3.05. The highest BCUT2D eigenvalue weighted by atomic mass is 32.2. The molecule has 0 spiro atoms. The van der Waals surface area contributed by atoms with Gasteiger partial charge in [0.15, 0.2) is 5.96 Å². The van der Waals surface area contributed by atoms with Gasteiger partial charge in [0.2, 0.25) is 0 Å². The topological polar surface area (TPSA) is 36.4 Å². The molecular weight excluding hydrogens is 329 g/mol. The molecule has 0 unspecified atom stereocenters. The van der Waals surface area contributed by atoms with E-state index in [0.717, 1.165) is 29.4 Å². The largest absolute Gasteiger partial charge is 0.357 e. The smallest absolute Gasteiger partial charge is 0.191 e. The minimum atomic E-state index is -0.184. The highest BCUT2D eigenvalue weighted by molar-refractivity contribution is 7.97. The average molecular weight is 352 g/mol. The number of guanidine groups is 1. The van der Waals surface area contributed by atoms with Crippen molar-refractivity contribution >= 4 is 29.1 Å². The lowest BCUT2D eigenvalue weighted by Gasteiger charge is -2.14. The lowest BCUT2D eigenvalue weighted by Crippen LogP contribution is -2.37. The highest BCUT2D eigenvalue weighted by Gasteiger charge is 2.05. The standard InChI is InChI=1S/C17H22FN3S2/c1-3-19-17(20-9-13-6-7-23-11-13)21-10-14-4-5-16(18)8-15(14)12-22-2/h4-8,11H,3,9-10,12H2,1-2H3,(H2,19,20,21). The minimum absolute atomic E-state index is 0.184. The molecule has 1 heterocycles. The summed E-state index contributed by atoms with van der Waals surface area (Å²) in [5, 5.41) is 10.7.